The van der Waals surface area contributed by atoms with Gasteiger partial charge in [-0.3, -0.25) is 4.79 Å². The fourth-order valence-corrected chi connectivity index (χ4v) is 2.44. The summed E-state index contributed by atoms with van der Waals surface area (Å²) < 4.78 is 0. The second kappa shape index (κ2) is 5.20. The molecule has 0 aliphatic heterocycles. The molecule has 0 saturated carbocycles. The quantitative estimate of drug-likeness (QED) is 0.717. The molecule has 0 aromatic rings. The van der Waals surface area contributed by atoms with Crippen LogP contribution in [0.25, 0.3) is 0 Å². The van der Waals surface area contributed by atoms with Crippen LogP contribution in [0.4, 0.5) is 0 Å². The second-order valence-electron chi connectivity index (χ2n) is 6.71. The van der Waals surface area contributed by atoms with Gasteiger partial charge in [-0.15, -0.1) is 0 Å². The number of carbonyl (C=O) groups is 1. The van der Waals surface area contributed by atoms with Crippen molar-refractivity contribution in [2.45, 2.75) is 79.3 Å². The lowest BCUT2D eigenvalue weighted by Crippen LogP contribution is -2.57. The van der Waals surface area contributed by atoms with Crippen LogP contribution in [0.1, 0.15) is 68.2 Å². The van der Waals surface area contributed by atoms with Crippen LogP contribution in [0.5, 0.6) is 0 Å². The fourth-order valence-electron chi connectivity index (χ4n) is 2.44. The normalized spacial score (nSPS) is 14.8. The van der Waals surface area contributed by atoms with E-state index in [4.69, 9.17) is 0 Å². The van der Waals surface area contributed by atoms with Crippen molar-refractivity contribution in [1.29, 1.82) is 0 Å². The van der Waals surface area contributed by atoms with Gasteiger partial charge in [-0.05, 0) is 48.0 Å². The third-order valence-electron chi connectivity index (χ3n) is 2.71. The maximum atomic E-state index is 12.5. The van der Waals surface area contributed by atoms with E-state index in [2.05, 4.69) is 48.5 Å². The Morgan fingerprint density at radius 1 is 1.06 bits per heavy atom. The Labute approximate surface area is 101 Å². The van der Waals surface area contributed by atoms with Gasteiger partial charge in [0.05, 0.1) is 0 Å². The molecule has 0 rings (SSSR count). The molecular formula is C14H29NO. The molecule has 0 aromatic heterocycles. The number of amides is 1. The van der Waals surface area contributed by atoms with Crippen molar-refractivity contribution in [3.05, 3.63) is 0 Å². The monoisotopic (exact) mass is 227 g/mol. The minimum absolute atomic E-state index is 0.114. The van der Waals surface area contributed by atoms with Gasteiger partial charge in [0.15, 0.2) is 0 Å². The highest BCUT2D eigenvalue weighted by atomic mass is 16.2. The molecule has 1 unspecified atom stereocenters. The van der Waals surface area contributed by atoms with Crippen LogP contribution in [0.15, 0.2) is 0 Å². The van der Waals surface area contributed by atoms with Crippen LogP contribution in [-0.4, -0.2) is 21.9 Å². The molecule has 0 radical (unpaired) electrons. The van der Waals surface area contributed by atoms with Crippen molar-refractivity contribution in [1.82, 2.24) is 4.90 Å². The van der Waals surface area contributed by atoms with Crippen LogP contribution in [-0.2, 0) is 4.79 Å². The minimum Gasteiger partial charge on any atom is -0.333 e. The van der Waals surface area contributed by atoms with E-state index >= 15 is 0 Å². The maximum Gasteiger partial charge on any atom is 0.226 e. The number of carbonyl (C=O) groups excluding carboxylic acids is 1. The van der Waals surface area contributed by atoms with Crippen molar-refractivity contribution in [2.24, 2.45) is 5.92 Å². The van der Waals surface area contributed by atoms with E-state index in [1.807, 2.05) is 11.8 Å². The van der Waals surface area contributed by atoms with Crippen LogP contribution in [0.2, 0.25) is 0 Å². The van der Waals surface area contributed by atoms with Gasteiger partial charge in [-0.1, -0.05) is 20.3 Å². The molecule has 0 N–H and O–H groups in total. The molecule has 16 heavy (non-hydrogen) atoms. The highest BCUT2D eigenvalue weighted by molar-refractivity contribution is 5.80. The van der Waals surface area contributed by atoms with Gasteiger partial charge >= 0.3 is 0 Å². The molecule has 96 valence electrons. The smallest absolute Gasteiger partial charge is 0.226 e. The van der Waals surface area contributed by atoms with Gasteiger partial charge in [0, 0.05) is 17.0 Å². The molecule has 0 saturated heterocycles. The number of hydrogen-bond donors (Lipinski definition) is 0. The topological polar surface area (TPSA) is 20.3 Å². The molecule has 0 bridgehead atoms. The van der Waals surface area contributed by atoms with Gasteiger partial charge in [0.2, 0.25) is 5.91 Å². The van der Waals surface area contributed by atoms with Gasteiger partial charge < -0.3 is 4.90 Å². The predicted octanol–water partition coefficient (Wildman–Crippen LogP) is 3.85. The lowest BCUT2D eigenvalue weighted by Gasteiger charge is -2.46. The maximum absolute atomic E-state index is 12.5. The Kier molecular flexibility index (Phi) is 5.03. The summed E-state index contributed by atoms with van der Waals surface area (Å²) in [5.41, 5.74) is -0.228. The summed E-state index contributed by atoms with van der Waals surface area (Å²) in [6, 6.07) is 0. The lowest BCUT2D eigenvalue weighted by atomic mass is 9.92. The first-order chi connectivity index (χ1) is 7.01. The first-order valence-corrected chi connectivity index (χ1v) is 6.36. The van der Waals surface area contributed by atoms with Crippen molar-refractivity contribution < 1.29 is 4.79 Å². The molecule has 0 aromatic carbocycles. The van der Waals surface area contributed by atoms with E-state index in [0.29, 0.717) is 0 Å². The summed E-state index contributed by atoms with van der Waals surface area (Å²) >= 11 is 0. The SMILES string of the molecule is CCCC(C)C(=O)N(C(C)(C)C)C(C)(C)C. The Balaban J connectivity index is 5.00. The molecule has 2 nitrogen and oxygen atoms in total. The van der Waals surface area contributed by atoms with Crippen LogP contribution in [0.3, 0.4) is 0 Å². The first kappa shape index (κ1) is 15.5. The van der Waals surface area contributed by atoms with Crippen molar-refractivity contribution in [2.75, 3.05) is 0 Å². The van der Waals surface area contributed by atoms with Gasteiger partial charge in [-0.25, -0.2) is 0 Å². The molecule has 2 heteroatoms. The summed E-state index contributed by atoms with van der Waals surface area (Å²) in [7, 11) is 0. The summed E-state index contributed by atoms with van der Waals surface area (Å²) in [4.78, 5) is 14.5. The van der Waals surface area contributed by atoms with Crippen LogP contribution >= 0.6 is 0 Å². The Hall–Kier alpha value is -0.530. The summed E-state index contributed by atoms with van der Waals surface area (Å²) in [5.74, 6) is 0.408. The summed E-state index contributed by atoms with van der Waals surface area (Å²) in [5, 5.41) is 0. The molecule has 0 aliphatic carbocycles. The lowest BCUT2D eigenvalue weighted by molar-refractivity contribution is -0.147. The zero-order valence-corrected chi connectivity index (χ0v) is 12.3. The zero-order chi connectivity index (χ0) is 13.1. The highest BCUT2D eigenvalue weighted by Gasteiger charge is 2.37. The minimum atomic E-state index is -0.114. The number of nitrogens with zero attached hydrogens (tertiary/aromatic N) is 1. The largest absolute Gasteiger partial charge is 0.333 e. The molecule has 0 aliphatic rings. The first-order valence-electron chi connectivity index (χ1n) is 6.36. The zero-order valence-electron chi connectivity index (χ0n) is 12.3. The third-order valence-corrected chi connectivity index (χ3v) is 2.71. The third kappa shape index (κ3) is 4.15. The van der Waals surface area contributed by atoms with E-state index < -0.39 is 0 Å². The van der Waals surface area contributed by atoms with Gasteiger partial charge in [-0.2, -0.15) is 0 Å². The van der Waals surface area contributed by atoms with Crippen LogP contribution in [0, 0.1) is 5.92 Å². The van der Waals surface area contributed by atoms with Crippen molar-refractivity contribution >= 4 is 5.91 Å². The molecule has 1 atom stereocenters. The summed E-state index contributed by atoms with van der Waals surface area (Å²) in [6.45, 7) is 16.8. The van der Waals surface area contributed by atoms with E-state index in [9.17, 15) is 4.79 Å². The van der Waals surface area contributed by atoms with E-state index in [-0.39, 0.29) is 22.9 Å². The summed E-state index contributed by atoms with van der Waals surface area (Å²) in [6.07, 6.45) is 2.04. The Morgan fingerprint density at radius 2 is 1.44 bits per heavy atom. The van der Waals surface area contributed by atoms with Crippen LogP contribution < -0.4 is 0 Å². The fraction of sp³-hybridized carbons (Fsp3) is 0.929. The molecule has 0 fully saturated rings. The van der Waals surface area contributed by atoms with Gasteiger partial charge in [0.25, 0.3) is 0 Å². The average molecular weight is 227 g/mol. The Bertz CT molecular complexity index is 218. The number of hydrogen-bond acceptors (Lipinski definition) is 1. The molecule has 0 spiro atoms. The highest BCUT2D eigenvalue weighted by Crippen LogP contribution is 2.27. The van der Waals surface area contributed by atoms with Gasteiger partial charge in [0.1, 0.15) is 0 Å². The standard InChI is InChI=1S/C14H29NO/c1-9-10-11(2)12(16)15(13(3,4)5)14(6,7)8/h11H,9-10H2,1-8H3. The Morgan fingerprint density at radius 3 is 1.69 bits per heavy atom. The predicted molar refractivity (Wildman–Crippen MR) is 70.4 cm³/mol. The average Bonchev–Trinajstić information content (AvgIpc) is 1.98. The second-order valence-corrected chi connectivity index (χ2v) is 6.71. The van der Waals surface area contributed by atoms with E-state index in [1.54, 1.807) is 0 Å². The number of rotatable bonds is 3. The van der Waals surface area contributed by atoms with Crippen molar-refractivity contribution in [3.63, 3.8) is 0 Å². The van der Waals surface area contributed by atoms with Crippen molar-refractivity contribution in [3.8, 4) is 0 Å². The molecule has 1 amide bonds. The molecule has 0 heterocycles. The van der Waals surface area contributed by atoms with E-state index in [1.165, 1.54) is 0 Å². The molecular weight excluding hydrogens is 198 g/mol. The van der Waals surface area contributed by atoms with E-state index in [0.717, 1.165) is 12.8 Å².